The van der Waals surface area contributed by atoms with Gasteiger partial charge < -0.3 is 10.7 Å². The number of fused-ring (bicyclic) bond motifs is 1. The summed E-state index contributed by atoms with van der Waals surface area (Å²) in [5.74, 6) is 0. The van der Waals surface area contributed by atoms with E-state index in [1.165, 1.54) is 0 Å². The van der Waals surface area contributed by atoms with E-state index in [4.69, 9.17) is 16.3 Å². The van der Waals surface area contributed by atoms with Crippen molar-refractivity contribution in [1.82, 2.24) is 4.98 Å². The fourth-order valence-corrected chi connectivity index (χ4v) is 2.11. The number of aryl methyl sites for hydroxylation is 2. The lowest BCUT2D eigenvalue weighted by molar-refractivity contribution is 1.23. The fourth-order valence-electron chi connectivity index (χ4n) is 2.11. The summed E-state index contributed by atoms with van der Waals surface area (Å²) in [6.45, 7) is 3.41. The molecule has 2 aromatic rings. The van der Waals surface area contributed by atoms with Gasteiger partial charge in [0.25, 0.3) is 5.56 Å². The maximum atomic E-state index is 11.7. The molecular formula is C13H10N4O. The Morgan fingerprint density at radius 1 is 1.22 bits per heavy atom. The molecule has 0 fully saturated rings. The summed E-state index contributed by atoms with van der Waals surface area (Å²) in [6.07, 6.45) is 0. The van der Waals surface area contributed by atoms with Crippen LogP contribution in [0.4, 0.5) is 5.69 Å². The first-order valence-electron chi connectivity index (χ1n) is 5.27. The average Bonchev–Trinajstić information content (AvgIpc) is 2.28. The molecule has 5 nitrogen and oxygen atoms in total. The van der Waals surface area contributed by atoms with E-state index in [1.54, 1.807) is 19.9 Å². The molecule has 2 rings (SSSR count). The summed E-state index contributed by atoms with van der Waals surface area (Å²) in [5, 5.41) is 18.6. The zero-order valence-electron chi connectivity index (χ0n) is 9.96. The van der Waals surface area contributed by atoms with Crippen molar-refractivity contribution in [2.45, 2.75) is 13.8 Å². The summed E-state index contributed by atoms with van der Waals surface area (Å²) in [5.41, 5.74) is 7.97. The molecule has 1 aromatic carbocycles. The number of hydrogen-bond donors (Lipinski definition) is 2. The smallest absolute Gasteiger partial charge is 0.266 e. The Kier molecular flexibility index (Phi) is 2.53. The van der Waals surface area contributed by atoms with Gasteiger partial charge in [-0.3, -0.25) is 4.79 Å². The highest BCUT2D eigenvalue weighted by molar-refractivity contribution is 5.97. The standard InChI is InChI=1S/C13H10N4O/c1-6-3-10-11(12(16)8(6)4-14)7(2)9(5-15)13(18)17-10/h3H,16H2,1-2H3,(H,17,18). The Hall–Kier alpha value is -2.79. The van der Waals surface area contributed by atoms with Gasteiger partial charge in [-0.15, -0.1) is 0 Å². The number of pyridine rings is 1. The minimum atomic E-state index is -0.439. The number of hydrogen-bond acceptors (Lipinski definition) is 4. The zero-order chi connectivity index (χ0) is 13.4. The number of nitrogens with two attached hydrogens (primary N) is 1. The third kappa shape index (κ3) is 1.42. The van der Waals surface area contributed by atoms with Crippen LogP contribution in [0.3, 0.4) is 0 Å². The molecule has 0 aliphatic heterocycles. The maximum absolute atomic E-state index is 11.7. The molecule has 1 heterocycles. The van der Waals surface area contributed by atoms with Gasteiger partial charge in [-0.05, 0) is 31.0 Å². The minimum Gasteiger partial charge on any atom is -0.397 e. The number of nitriles is 2. The first kappa shape index (κ1) is 11.7. The van der Waals surface area contributed by atoms with Crippen molar-refractivity contribution < 1.29 is 0 Å². The van der Waals surface area contributed by atoms with Crippen molar-refractivity contribution >= 4 is 16.6 Å². The van der Waals surface area contributed by atoms with Crippen molar-refractivity contribution in [3.05, 3.63) is 38.7 Å². The van der Waals surface area contributed by atoms with Gasteiger partial charge in [-0.1, -0.05) is 0 Å². The molecular weight excluding hydrogens is 228 g/mol. The highest BCUT2D eigenvalue weighted by Gasteiger charge is 2.15. The molecule has 0 saturated heterocycles. The van der Waals surface area contributed by atoms with Gasteiger partial charge in [0.05, 0.1) is 16.8 Å². The summed E-state index contributed by atoms with van der Waals surface area (Å²) in [7, 11) is 0. The van der Waals surface area contributed by atoms with Crippen LogP contribution in [0.1, 0.15) is 22.3 Å². The van der Waals surface area contributed by atoms with Crippen molar-refractivity contribution in [3.8, 4) is 12.1 Å². The van der Waals surface area contributed by atoms with Crippen molar-refractivity contribution in [3.63, 3.8) is 0 Å². The number of anilines is 1. The number of benzene rings is 1. The first-order valence-corrected chi connectivity index (χ1v) is 5.27. The highest BCUT2D eigenvalue weighted by atomic mass is 16.1. The van der Waals surface area contributed by atoms with Crippen LogP contribution in [-0.2, 0) is 0 Å². The third-order valence-corrected chi connectivity index (χ3v) is 3.01. The van der Waals surface area contributed by atoms with E-state index in [0.29, 0.717) is 33.3 Å². The van der Waals surface area contributed by atoms with Crippen LogP contribution in [0.15, 0.2) is 10.9 Å². The Bertz CT molecular complexity index is 803. The van der Waals surface area contributed by atoms with Gasteiger partial charge in [-0.2, -0.15) is 10.5 Å². The van der Waals surface area contributed by atoms with Crippen LogP contribution in [0.25, 0.3) is 10.9 Å². The van der Waals surface area contributed by atoms with Crippen LogP contribution in [0, 0.1) is 36.5 Å². The van der Waals surface area contributed by atoms with Gasteiger partial charge in [-0.25, -0.2) is 0 Å². The van der Waals surface area contributed by atoms with Crippen molar-refractivity contribution in [2.75, 3.05) is 5.73 Å². The Labute approximate surface area is 103 Å². The Morgan fingerprint density at radius 3 is 2.39 bits per heavy atom. The van der Waals surface area contributed by atoms with Crippen LogP contribution >= 0.6 is 0 Å². The van der Waals surface area contributed by atoms with Crippen molar-refractivity contribution in [1.29, 1.82) is 10.5 Å². The average molecular weight is 238 g/mol. The van der Waals surface area contributed by atoms with Crippen LogP contribution in [0.5, 0.6) is 0 Å². The Balaban J connectivity index is 3.12. The molecule has 0 aliphatic rings. The number of nitrogens with one attached hydrogen (secondary N) is 1. The number of aromatic nitrogens is 1. The molecule has 0 amide bonds. The van der Waals surface area contributed by atoms with Gasteiger partial charge in [0.15, 0.2) is 0 Å². The predicted molar refractivity (Wildman–Crippen MR) is 67.9 cm³/mol. The normalized spacial score (nSPS) is 10.0. The molecule has 0 unspecified atom stereocenters. The van der Waals surface area contributed by atoms with Crippen LogP contribution in [-0.4, -0.2) is 4.98 Å². The van der Waals surface area contributed by atoms with Gasteiger partial charge in [0.2, 0.25) is 0 Å². The summed E-state index contributed by atoms with van der Waals surface area (Å²) in [6, 6.07) is 5.58. The molecule has 0 bridgehead atoms. The van der Waals surface area contributed by atoms with Gasteiger partial charge >= 0.3 is 0 Å². The topological polar surface area (TPSA) is 106 Å². The Morgan fingerprint density at radius 2 is 1.83 bits per heavy atom. The van der Waals surface area contributed by atoms with E-state index in [0.717, 1.165) is 0 Å². The van der Waals surface area contributed by atoms with Crippen molar-refractivity contribution in [2.24, 2.45) is 0 Å². The molecule has 0 radical (unpaired) electrons. The second-order valence-electron chi connectivity index (χ2n) is 4.08. The number of H-pyrrole nitrogens is 1. The predicted octanol–water partition coefficient (Wildman–Crippen LogP) is 1.47. The summed E-state index contributed by atoms with van der Waals surface area (Å²) >= 11 is 0. The van der Waals surface area contributed by atoms with Crippen LogP contribution < -0.4 is 11.3 Å². The number of aromatic amines is 1. The second kappa shape index (κ2) is 3.90. The van der Waals surface area contributed by atoms with E-state index in [-0.39, 0.29) is 5.56 Å². The second-order valence-corrected chi connectivity index (χ2v) is 4.08. The van der Waals surface area contributed by atoms with E-state index >= 15 is 0 Å². The zero-order valence-corrected chi connectivity index (χ0v) is 9.96. The number of nitrogens with zero attached hydrogens (tertiary/aromatic N) is 2. The van der Waals surface area contributed by atoms with Gasteiger partial charge in [0, 0.05) is 5.39 Å². The molecule has 0 spiro atoms. The number of rotatable bonds is 0. The number of nitrogen functional groups attached to an aromatic ring is 1. The molecule has 18 heavy (non-hydrogen) atoms. The maximum Gasteiger partial charge on any atom is 0.266 e. The lowest BCUT2D eigenvalue weighted by Crippen LogP contribution is -2.13. The lowest BCUT2D eigenvalue weighted by atomic mass is 9.98. The van der Waals surface area contributed by atoms with Crippen LogP contribution in [0.2, 0.25) is 0 Å². The molecule has 0 aliphatic carbocycles. The van der Waals surface area contributed by atoms with E-state index in [9.17, 15) is 4.79 Å². The first-order chi connectivity index (χ1) is 8.51. The van der Waals surface area contributed by atoms with E-state index < -0.39 is 5.56 Å². The quantitative estimate of drug-likeness (QED) is 0.677. The van der Waals surface area contributed by atoms with E-state index in [1.807, 2.05) is 12.1 Å². The summed E-state index contributed by atoms with van der Waals surface area (Å²) < 4.78 is 0. The molecule has 88 valence electrons. The third-order valence-electron chi connectivity index (χ3n) is 3.01. The molecule has 3 N–H and O–H groups in total. The minimum absolute atomic E-state index is 0.0296. The SMILES string of the molecule is Cc1cc2[nH]c(=O)c(C#N)c(C)c2c(N)c1C#N. The van der Waals surface area contributed by atoms with Gasteiger partial charge in [0.1, 0.15) is 17.7 Å². The molecule has 0 saturated carbocycles. The van der Waals surface area contributed by atoms with E-state index in [2.05, 4.69) is 4.98 Å². The largest absolute Gasteiger partial charge is 0.397 e. The molecule has 0 atom stereocenters. The fraction of sp³-hybridized carbons (Fsp3) is 0.154. The summed E-state index contributed by atoms with van der Waals surface area (Å²) in [4.78, 5) is 14.3. The highest BCUT2D eigenvalue weighted by Crippen LogP contribution is 2.29. The lowest BCUT2D eigenvalue weighted by Gasteiger charge is -2.10. The molecule has 1 aromatic heterocycles. The monoisotopic (exact) mass is 238 g/mol. The molecule has 5 heteroatoms.